The molecule has 0 aliphatic heterocycles. The molecular formula is C5H7CrF. The van der Waals surface area contributed by atoms with Crippen molar-refractivity contribution in [2.75, 3.05) is 0 Å². The molecule has 0 aliphatic carbocycles. The Hall–Kier alpha value is 0.0725. The fourth-order valence-electron chi connectivity index (χ4n) is 0.148. The average Bonchev–Trinajstić information content (AvgIpc) is 1.61. The third kappa shape index (κ3) is 10.7. The molecule has 0 nitrogen and oxygen atoms in total. The molecule has 0 heterocycles. The Morgan fingerprint density at radius 1 is 1.71 bits per heavy atom. The van der Waals surface area contributed by atoms with Gasteiger partial charge < -0.3 is 11.3 Å². The Kier molecular flexibility index (Phi) is 13.6. The van der Waals surface area contributed by atoms with E-state index in [0.717, 1.165) is 0 Å². The maximum atomic E-state index is 10.9. The number of allylic oxidation sites excluding steroid dienone is 2. The molecule has 0 aliphatic rings. The molecule has 0 atom stereocenters. The van der Waals surface area contributed by atoms with Crippen LogP contribution in [0.1, 0.15) is 6.42 Å². The first kappa shape index (κ1) is 10.1. The van der Waals surface area contributed by atoms with Crippen molar-refractivity contribution in [3.63, 3.8) is 0 Å². The molecule has 0 amide bonds. The molecule has 0 fully saturated rings. The topological polar surface area (TPSA) is 0 Å². The molecule has 0 rings (SSSR count). The van der Waals surface area contributed by atoms with Gasteiger partial charge in [-0.3, -0.25) is 6.08 Å². The summed E-state index contributed by atoms with van der Waals surface area (Å²) in [6.07, 6.45) is 3.62. The molecular weight excluding hydrogens is 131 g/mol. The predicted octanol–water partition coefficient (Wildman–Crippen LogP) is 1.90. The zero-order chi connectivity index (χ0) is 4.83. The van der Waals surface area contributed by atoms with Gasteiger partial charge in [0.05, 0.1) is 0 Å². The van der Waals surface area contributed by atoms with Gasteiger partial charge in [-0.1, -0.05) is 6.67 Å². The molecule has 0 spiro atoms. The van der Waals surface area contributed by atoms with Gasteiger partial charge in [-0.25, -0.2) is 12.5 Å². The van der Waals surface area contributed by atoms with E-state index in [1.807, 2.05) is 0 Å². The Labute approximate surface area is 54.5 Å². The van der Waals surface area contributed by atoms with Crippen molar-refractivity contribution < 1.29 is 21.8 Å². The summed E-state index contributed by atoms with van der Waals surface area (Å²) in [4.78, 5) is 0. The summed E-state index contributed by atoms with van der Waals surface area (Å²) in [5, 5.41) is 0. The number of halogens is 1. The van der Waals surface area contributed by atoms with Crippen molar-refractivity contribution in [1.29, 1.82) is 0 Å². The van der Waals surface area contributed by atoms with Crippen molar-refractivity contribution in [1.82, 2.24) is 0 Å². The number of rotatable bonds is 2. The average molecular weight is 138 g/mol. The fraction of sp³-hybridized carbons (Fsp3) is 0.200. The van der Waals surface area contributed by atoms with Gasteiger partial charge >= 0.3 is 17.4 Å². The minimum absolute atomic E-state index is 0. The van der Waals surface area contributed by atoms with Crippen LogP contribution >= 0.6 is 0 Å². The summed E-state index contributed by atoms with van der Waals surface area (Å²) in [5.41, 5.74) is 0. The molecule has 0 aromatic rings. The van der Waals surface area contributed by atoms with Crippen molar-refractivity contribution in [2.45, 2.75) is 6.42 Å². The maximum Gasteiger partial charge on any atom is 2.00 e. The molecule has 40 valence electrons. The zero-order valence-electron chi connectivity index (χ0n) is 3.93. The summed E-state index contributed by atoms with van der Waals surface area (Å²) >= 11 is 0. The van der Waals surface area contributed by atoms with E-state index in [-0.39, 0.29) is 17.4 Å². The molecule has 0 unspecified atom stereocenters. The van der Waals surface area contributed by atoms with E-state index in [1.54, 1.807) is 6.08 Å². The van der Waals surface area contributed by atoms with Crippen molar-refractivity contribution in [3.8, 4) is 0 Å². The maximum absolute atomic E-state index is 10.9. The fourth-order valence-corrected chi connectivity index (χ4v) is 0.148. The van der Waals surface area contributed by atoms with Gasteiger partial charge in [0.2, 0.25) is 0 Å². The Morgan fingerprint density at radius 2 is 2.29 bits per heavy atom. The molecule has 0 radical (unpaired) electrons. The second kappa shape index (κ2) is 9.42. The van der Waals surface area contributed by atoms with E-state index in [1.165, 1.54) is 6.08 Å². The van der Waals surface area contributed by atoms with Crippen LogP contribution in [0.25, 0.3) is 0 Å². The molecule has 0 saturated heterocycles. The Bertz CT molecular complexity index is 37.3. The van der Waals surface area contributed by atoms with Gasteiger partial charge in [0, 0.05) is 0 Å². The third-order valence-corrected chi connectivity index (χ3v) is 0.375. The standard InChI is InChI=1S/C5H7F.Cr/c1-2-3-4-5-6;/h3-5H,1-2H2;/q-2;+2/b4-3-;. The molecule has 0 aromatic heterocycles. The van der Waals surface area contributed by atoms with E-state index in [4.69, 9.17) is 0 Å². The summed E-state index contributed by atoms with van der Waals surface area (Å²) in [6.45, 7) is 3.94. The van der Waals surface area contributed by atoms with Crippen LogP contribution in [0.4, 0.5) is 4.39 Å². The van der Waals surface area contributed by atoms with Gasteiger partial charge in [0.15, 0.2) is 0 Å². The minimum Gasteiger partial charge on any atom is -0.356 e. The van der Waals surface area contributed by atoms with Gasteiger partial charge in [0.25, 0.3) is 0 Å². The number of hydrogen-bond acceptors (Lipinski definition) is 0. The van der Waals surface area contributed by atoms with Gasteiger partial charge in [-0.2, -0.15) is 0 Å². The van der Waals surface area contributed by atoms with Crippen LogP contribution in [-0.4, -0.2) is 0 Å². The van der Waals surface area contributed by atoms with Crippen LogP contribution in [0.15, 0.2) is 12.2 Å². The Balaban J connectivity index is 0. The quantitative estimate of drug-likeness (QED) is 0.511. The van der Waals surface area contributed by atoms with E-state index < -0.39 is 0 Å². The zero-order valence-corrected chi connectivity index (χ0v) is 5.21. The largest absolute Gasteiger partial charge is 2.00 e. The van der Waals surface area contributed by atoms with Crippen molar-refractivity contribution in [3.05, 3.63) is 25.8 Å². The monoisotopic (exact) mass is 138 g/mol. The first-order valence-electron chi connectivity index (χ1n) is 1.79. The molecule has 0 aromatic carbocycles. The van der Waals surface area contributed by atoms with E-state index in [0.29, 0.717) is 13.1 Å². The third-order valence-electron chi connectivity index (χ3n) is 0.375. The Morgan fingerprint density at radius 3 is 2.43 bits per heavy atom. The van der Waals surface area contributed by atoms with Crippen molar-refractivity contribution in [2.24, 2.45) is 0 Å². The van der Waals surface area contributed by atoms with Gasteiger partial charge in [-0.15, -0.1) is 0 Å². The molecule has 2 heteroatoms. The van der Waals surface area contributed by atoms with E-state index in [2.05, 4.69) is 6.92 Å². The molecule has 0 saturated carbocycles. The summed E-state index contributed by atoms with van der Waals surface area (Å²) in [5.74, 6) is 0. The van der Waals surface area contributed by atoms with E-state index in [9.17, 15) is 4.39 Å². The first-order chi connectivity index (χ1) is 2.91. The first-order valence-corrected chi connectivity index (χ1v) is 1.79. The normalized spacial score (nSPS) is 8.29. The van der Waals surface area contributed by atoms with Crippen LogP contribution in [0.2, 0.25) is 0 Å². The SMILES string of the molecule is [CH2-]C/C=C\[CH-]F.[Cr+2]. The summed E-state index contributed by atoms with van der Waals surface area (Å²) < 4.78 is 10.9. The van der Waals surface area contributed by atoms with Crippen LogP contribution < -0.4 is 0 Å². The van der Waals surface area contributed by atoms with Gasteiger partial charge in [0.1, 0.15) is 0 Å². The molecule has 0 bridgehead atoms. The van der Waals surface area contributed by atoms with Crippen molar-refractivity contribution >= 4 is 0 Å². The summed E-state index contributed by atoms with van der Waals surface area (Å²) in [6, 6.07) is 0. The minimum atomic E-state index is 0. The van der Waals surface area contributed by atoms with Gasteiger partial charge in [-0.05, 0) is 0 Å². The molecule has 0 N–H and O–H groups in total. The molecule has 7 heavy (non-hydrogen) atoms. The van der Waals surface area contributed by atoms with Crippen LogP contribution in [0.3, 0.4) is 0 Å². The van der Waals surface area contributed by atoms with Crippen LogP contribution in [-0.2, 0) is 17.4 Å². The second-order valence-electron chi connectivity index (χ2n) is 0.843. The number of hydrogen-bond donors (Lipinski definition) is 0. The van der Waals surface area contributed by atoms with E-state index >= 15 is 0 Å². The smallest absolute Gasteiger partial charge is 0.356 e. The predicted molar refractivity (Wildman–Crippen MR) is 24.5 cm³/mol. The van der Waals surface area contributed by atoms with Crippen LogP contribution in [0, 0.1) is 13.6 Å². The summed E-state index contributed by atoms with van der Waals surface area (Å²) in [7, 11) is 0. The second-order valence-corrected chi connectivity index (χ2v) is 0.843. The van der Waals surface area contributed by atoms with Crippen LogP contribution in [0.5, 0.6) is 0 Å².